The first kappa shape index (κ1) is 18.6. The number of ether oxygens (including phenoxy) is 1. The van der Waals surface area contributed by atoms with Crippen LogP contribution in [0.25, 0.3) is 10.7 Å². The van der Waals surface area contributed by atoms with Gasteiger partial charge in [0.2, 0.25) is 11.7 Å². The van der Waals surface area contributed by atoms with Crippen LogP contribution in [0.2, 0.25) is 0 Å². The van der Waals surface area contributed by atoms with Crippen LogP contribution in [0, 0.1) is 5.92 Å². The Kier molecular flexibility index (Phi) is 5.66. The van der Waals surface area contributed by atoms with Crippen molar-refractivity contribution in [3.8, 4) is 16.5 Å². The predicted molar refractivity (Wildman–Crippen MR) is 107 cm³/mol. The second-order valence-electron chi connectivity index (χ2n) is 7.02. The van der Waals surface area contributed by atoms with Gasteiger partial charge < -0.3 is 9.64 Å². The van der Waals surface area contributed by atoms with Gasteiger partial charge in [-0.3, -0.25) is 4.79 Å². The molecular formula is C20H23N5O2S. The number of hydrogen-bond donors (Lipinski definition) is 0. The minimum atomic E-state index is 0.156. The number of nitrogens with zero attached hydrogens (tertiary/aromatic N) is 5. The number of amides is 1. The zero-order valence-corrected chi connectivity index (χ0v) is 16.6. The van der Waals surface area contributed by atoms with Gasteiger partial charge in [0, 0.05) is 13.1 Å². The fourth-order valence-corrected chi connectivity index (χ4v) is 4.21. The molecular weight excluding hydrogens is 374 g/mol. The Morgan fingerprint density at radius 3 is 3.07 bits per heavy atom. The Morgan fingerprint density at radius 2 is 2.25 bits per heavy atom. The molecule has 1 amide bonds. The maximum absolute atomic E-state index is 12.8. The smallest absolute Gasteiger partial charge is 0.227 e. The number of methoxy groups -OCH3 is 1. The first-order chi connectivity index (χ1) is 13.7. The molecule has 0 aliphatic carbocycles. The lowest BCUT2D eigenvalue weighted by Crippen LogP contribution is -2.42. The molecule has 1 fully saturated rings. The molecule has 3 heterocycles. The van der Waals surface area contributed by atoms with Crippen molar-refractivity contribution in [3.05, 3.63) is 47.3 Å². The molecule has 28 heavy (non-hydrogen) atoms. The minimum Gasteiger partial charge on any atom is -0.497 e. The molecule has 1 aliphatic heterocycles. The van der Waals surface area contributed by atoms with E-state index >= 15 is 0 Å². The van der Waals surface area contributed by atoms with E-state index in [0.29, 0.717) is 24.7 Å². The number of aromatic nitrogens is 4. The number of carbonyl (C=O) groups excluding carboxylic acids is 1. The van der Waals surface area contributed by atoms with E-state index in [9.17, 15) is 4.79 Å². The third kappa shape index (κ3) is 4.39. The average Bonchev–Trinajstić information content (AvgIpc) is 3.40. The summed E-state index contributed by atoms with van der Waals surface area (Å²) in [5.74, 6) is 1.94. The summed E-state index contributed by atoms with van der Waals surface area (Å²) in [6, 6.07) is 11.7. The van der Waals surface area contributed by atoms with Crippen LogP contribution in [0.1, 0.15) is 18.4 Å². The van der Waals surface area contributed by atoms with Gasteiger partial charge in [0.25, 0.3) is 0 Å². The van der Waals surface area contributed by atoms with E-state index < -0.39 is 0 Å². The summed E-state index contributed by atoms with van der Waals surface area (Å²) in [5.41, 5.74) is 0.977. The number of likely N-dealkylation sites (tertiary alicyclic amines) is 1. The van der Waals surface area contributed by atoms with Gasteiger partial charge in [-0.05, 0) is 53.1 Å². The molecule has 3 aromatic rings. The van der Waals surface area contributed by atoms with E-state index in [1.54, 1.807) is 23.2 Å². The molecule has 0 radical (unpaired) electrons. The third-order valence-electron chi connectivity index (χ3n) is 4.98. The van der Waals surface area contributed by atoms with E-state index in [1.165, 1.54) is 0 Å². The summed E-state index contributed by atoms with van der Waals surface area (Å²) in [7, 11) is 1.64. The Balaban J connectivity index is 1.35. The van der Waals surface area contributed by atoms with Crippen LogP contribution in [0.5, 0.6) is 5.75 Å². The fourth-order valence-electron chi connectivity index (χ4n) is 3.57. The summed E-state index contributed by atoms with van der Waals surface area (Å²) in [4.78, 5) is 17.4. The molecule has 0 spiro atoms. The predicted octanol–water partition coefficient (Wildman–Crippen LogP) is 2.89. The van der Waals surface area contributed by atoms with Gasteiger partial charge in [0.05, 0.1) is 25.0 Å². The molecule has 1 saturated heterocycles. The van der Waals surface area contributed by atoms with Gasteiger partial charge in [0.1, 0.15) is 5.75 Å². The van der Waals surface area contributed by atoms with Crippen LogP contribution in [-0.2, 0) is 17.8 Å². The number of hydrogen-bond acceptors (Lipinski definition) is 6. The molecule has 1 aliphatic rings. The van der Waals surface area contributed by atoms with Crippen molar-refractivity contribution < 1.29 is 9.53 Å². The molecule has 1 atom stereocenters. The van der Waals surface area contributed by atoms with Crippen molar-refractivity contribution in [2.24, 2.45) is 5.92 Å². The van der Waals surface area contributed by atoms with Crippen LogP contribution in [0.15, 0.2) is 41.8 Å². The van der Waals surface area contributed by atoms with Crippen LogP contribution in [0.4, 0.5) is 0 Å². The third-order valence-corrected chi connectivity index (χ3v) is 5.84. The zero-order chi connectivity index (χ0) is 19.3. The topological polar surface area (TPSA) is 73.1 Å². The molecule has 0 bridgehead atoms. The highest BCUT2D eigenvalue weighted by molar-refractivity contribution is 7.13. The van der Waals surface area contributed by atoms with Gasteiger partial charge in [-0.1, -0.05) is 18.2 Å². The zero-order valence-electron chi connectivity index (χ0n) is 15.8. The second-order valence-corrected chi connectivity index (χ2v) is 7.97. The van der Waals surface area contributed by atoms with E-state index in [1.807, 2.05) is 46.7 Å². The van der Waals surface area contributed by atoms with Crippen LogP contribution >= 0.6 is 11.3 Å². The van der Waals surface area contributed by atoms with Gasteiger partial charge in [-0.25, -0.2) is 0 Å². The average molecular weight is 398 g/mol. The lowest BCUT2D eigenvalue weighted by Gasteiger charge is -2.32. The first-order valence-corrected chi connectivity index (χ1v) is 10.3. The molecule has 4 rings (SSSR count). The quantitative estimate of drug-likeness (QED) is 0.639. The molecule has 2 aromatic heterocycles. The Bertz CT molecular complexity index is 924. The largest absolute Gasteiger partial charge is 0.497 e. The van der Waals surface area contributed by atoms with Gasteiger partial charge >= 0.3 is 0 Å². The Morgan fingerprint density at radius 1 is 1.32 bits per heavy atom. The number of piperidine rings is 1. The number of benzene rings is 1. The van der Waals surface area contributed by atoms with Gasteiger partial charge in [0.15, 0.2) is 0 Å². The molecule has 0 unspecified atom stereocenters. The summed E-state index contributed by atoms with van der Waals surface area (Å²) in [5, 5.41) is 14.8. The van der Waals surface area contributed by atoms with Crippen LogP contribution in [-0.4, -0.2) is 51.2 Å². The highest BCUT2D eigenvalue weighted by Gasteiger charge is 2.25. The van der Waals surface area contributed by atoms with Gasteiger partial charge in [-0.15, -0.1) is 21.5 Å². The van der Waals surface area contributed by atoms with Crippen molar-refractivity contribution in [3.63, 3.8) is 0 Å². The molecule has 146 valence electrons. The van der Waals surface area contributed by atoms with Crippen LogP contribution < -0.4 is 4.74 Å². The summed E-state index contributed by atoms with van der Waals surface area (Å²) in [6.45, 7) is 2.23. The minimum absolute atomic E-state index is 0.156. The lowest BCUT2D eigenvalue weighted by atomic mass is 9.97. The number of carbonyl (C=O) groups is 1. The van der Waals surface area contributed by atoms with Crippen molar-refractivity contribution >= 4 is 17.2 Å². The van der Waals surface area contributed by atoms with E-state index in [0.717, 1.165) is 42.1 Å². The normalized spacial score (nSPS) is 16.9. The fraction of sp³-hybridized carbons (Fsp3) is 0.400. The maximum atomic E-state index is 12.8. The molecule has 8 heteroatoms. The molecule has 7 nitrogen and oxygen atoms in total. The van der Waals surface area contributed by atoms with Gasteiger partial charge in [-0.2, -0.15) is 4.80 Å². The first-order valence-electron chi connectivity index (χ1n) is 9.43. The van der Waals surface area contributed by atoms with Crippen molar-refractivity contribution in [2.75, 3.05) is 20.2 Å². The van der Waals surface area contributed by atoms with E-state index in [2.05, 4.69) is 15.4 Å². The summed E-state index contributed by atoms with van der Waals surface area (Å²) in [6.07, 6.45) is 2.47. The summed E-state index contributed by atoms with van der Waals surface area (Å²) >= 11 is 1.60. The monoisotopic (exact) mass is 397 g/mol. The Hall–Kier alpha value is -2.74. The highest BCUT2D eigenvalue weighted by Crippen LogP contribution is 2.22. The van der Waals surface area contributed by atoms with Crippen molar-refractivity contribution in [2.45, 2.75) is 25.8 Å². The maximum Gasteiger partial charge on any atom is 0.227 e. The SMILES string of the molecule is COc1cccc(CC(=O)N2CCC[C@H](Cn3nnc(-c4cccs4)n3)C2)c1. The molecule has 1 aromatic carbocycles. The second kappa shape index (κ2) is 8.52. The highest BCUT2D eigenvalue weighted by atomic mass is 32.1. The molecule has 0 N–H and O–H groups in total. The number of tetrazole rings is 1. The van der Waals surface area contributed by atoms with E-state index in [4.69, 9.17) is 4.74 Å². The van der Waals surface area contributed by atoms with Crippen LogP contribution in [0.3, 0.4) is 0 Å². The number of rotatable bonds is 6. The Labute approximate surface area is 167 Å². The number of thiophene rings is 1. The summed E-state index contributed by atoms with van der Waals surface area (Å²) < 4.78 is 5.25. The van der Waals surface area contributed by atoms with Crippen molar-refractivity contribution in [1.29, 1.82) is 0 Å². The molecule has 0 saturated carbocycles. The van der Waals surface area contributed by atoms with E-state index in [-0.39, 0.29) is 5.91 Å². The standard InChI is InChI=1S/C20H23N5O2S/c1-27-17-7-2-5-15(11-17)12-19(26)24-9-3-6-16(13-24)14-25-22-20(21-23-25)18-8-4-10-28-18/h2,4-5,7-8,10-11,16H,3,6,9,12-14H2,1H3/t16-/m0/s1. The van der Waals surface area contributed by atoms with Crippen molar-refractivity contribution in [1.82, 2.24) is 25.1 Å². The lowest BCUT2D eigenvalue weighted by molar-refractivity contribution is -0.132.